The molecule has 0 unspecified atom stereocenters. The molecule has 0 bridgehead atoms. The van der Waals surface area contributed by atoms with Crippen molar-refractivity contribution in [3.8, 4) is 11.3 Å². The quantitative estimate of drug-likeness (QED) is 0.550. The van der Waals surface area contributed by atoms with Crippen molar-refractivity contribution in [2.45, 2.75) is 52.9 Å². The number of fused-ring (bicyclic) bond motifs is 1. The fourth-order valence-corrected chi connectivity index (χ4v) is 4.45. The number of carbonyl (C=O) groups excluding carboxylic acids is 1. The Morgan fingerprint density at radius 2 is 1.84 bits per heavy atom. The molecule has 2 aromatic heterocycles. The number of benzene rings is 1. The van der Waals surface area contributed by atoms with E-state index in [0.29, 0.717) is 6.42 Å². The van der Waals surface area contributed by atoms with Crippen LogP contribution in [0.15, 0.2) is 36.5 Å². The molecule has 1 aliphatic rings. The number of rotatable bonds is 8. The first kappa shape index (κ1) is 21.6. The van der Waals surface area contributed by atoms with E-state index in [1.54, 1.807) is 0 Å². The summed E-state index contributed by atoms with van der Waals surface area (Å²) < 4.78 is 2.08. The normalized spacial score (nSPS) is 14.4. The van der Waals surface area contributed by atoms with Crippen LogP contribution in [0.2, 0.25) is 0 Å². The molecular formula is C26H34N4O. The van der Waals surface area contributed by atoms with Gasteiger partial charge in [-0.3, -0.25) is 4.79 Å². The molecule has 0 radical (unpaired) electrons. The second-order valence-corrected chi connectivity index (χ2v) is 8.87. The maximum absolute atomic E-state index is 12.8. The zero-order chi connectivity index (χ0) is 21.8. The molecule has 5 nitrogen and oxygen atoms in total. The van der Waals surface area contributed by atoms with Gasteiger partial charge >= 0.3 is 0 Å². The van der Waals surface area contributed by atoms with E-state index in [2.05, 4.69) is 59.7 Å². The Morgan fingerprint density at radius 3 is 2.61 bits per heavy atom. The number of hydrogen-bond acceptors (Lipinski definition) is 3. The minimum absolute atomic E-state index is 0.0644. The number of unbranched alkanes of at least 4 members (excludes halogenated alkanes) is 1. The van der Waals surface area contributed by atoms with Gasteiger partial charge in [0.1, 0.15) is 5.65 Å². The molecule has 0 spiro atoms. The van der Waals surface area contributed by atoms with Gasteiger partial charge in [0.2, 0.25) is 5.91 Å². The van der Waals surface area contributed by atoms with Gasteiger partial charge in [-0.15, -0.1) is 0 Å². The van der Waals surface area contributed by atoms with Gasteiger partial charge in [-0.1, -0.05) is 18.2 Å². The van der Waals surface area contributed by atoms with Crippen LogP contribution in [0.25, 0.3) is 16.9 Å². The maximum Gasteiger partial charge on any atom is 0.226 e. The fourth-order valence-electron chi connectivity index (χ4n) is 4.45. The third kappa shape index (κ3) is 4.99. The molecule has 1 aliphatic heterocycles. The van der Waals surface area contributed by atoms with Crippen molar-refractivity contribution in [1.29, 1.82) is 0 Å². The summed E-state index contributed by atoms with van der Waals surface area (Å²) in [7, 11) is 0. The van der Waals surface area contributed by atoms with Crippen LogP contribution in [0.1, 0.15) is 48.1 Å². The Balaban J connectivity index is 1.47. The molecule has 1 aromatic carbocycles. The predicted octanol–water partition coefficient (Wildman–Crippen LogP) is 4.46. The molecule has 0 aliphatic carbocycles. The van der Waals surface area contributed by atoms with Crippen LogP contribution in [0.5, 0.6) is 0 Å². The van der Waals surface area contributed by atoms with Gasteiger partial charge in [0.05, 0.1) is 17.8 Å². The molecule has 1 amide bonds. The summed E-state index contributed by atoms with van der Waals surface area (Å²) in [5.41, 5.74) is 7.46. The van der Waals surface area contributed by atoms with Crippen molar-refractivity contribution in [3.63, 3.8) is 0 Å². The molecule has 0 saturated carbocycles. The summed E-state index contributed by atoms with van der Waals surface area (Å²) in [5.74, 6) is 0.0644. The fraction of sp³-hybridized carbons (Fsp3) is 0.462. The lowest BCUT2D eigenvalue weighted by Crippen LogP contribution is -2.28. The standard InChI is InChI=1S/C26H34N4O/c1-19-10-11-22(17-21(19)3)25-23(30-16-8-9-20(2)26(30)28-25)18-24(31)27-12-4-5-13-29-14-6-7-15-29/h8-11,16-17H,4-7,12-15,18H2,1-3H3,(H,27,31). The van der Waals surface area contributed by atoms with Crippen LogP contribution < -0.4 is 5.32 Å². The SMILES string of the molecule is Cc1ccc(-c2nc3c(C)cccn3c2CC(=O)NCCCCN2CCCC2)cc1C. The number of amides is 1. The molecule has 4 rings (SSSR count). The van der Waals surface area contributed by atoms with Crippen molar-refractivity contribution in [3.05, 3.63) is 58.9 Å². The molecule has 5 heteroatoms. The van der Waals surface area contributed by atoms with Crippen LogP contribution in [-0.4, -0.2) is 46.4 Å². The van der Waals surface area contributed by atoms with Crippen molar-refractivity contribution in [1.82, 2.24) is 19.6 Å². The monoisotopic (exact) mass is 418 g/mol. The third-order valence-electron chi connectivity index (χ3n) is 6.47. The summed E-state index contributed by atoms with van der Waals surface area (Å²) in [5, 5.41) is 3.13. The number of nitrogens with one attached hydrogen (secondary N) is 1. The lowest BCUT2D eigenvalue weighted by molar-refractivity contribution is -0.120. The molecule has 1 fully saturated rings. The minimum atomic E-state index is 0.0644. The number of carbonyl (C=O) groups is 1. The zero-order valence-corrected chi connectivity index (χ0v) is 19.1. The van der Waals surface area contributed by atoms with Crippen molar-refractivity contribution in [2.24, 2.45) is 0 Å². The smallest absolute Gasteiger partial charge is 0.226 e. The van der Waals surface area contributed by atoms with Gasteiger partial charge < -0.3 is 14.6 Å². The number of likely N-dealkylation sites (tertiary alicyclic amines) is 1. The van der Waals surface area contributed by atoms with Gasteiger partial charge in [-0.05, 0) is 94.9 Å². The highest BCUT2D eigenvalue weighted by molar-refractivity contribution is 5.82. The van der Waals surface area contributed by atoms with E-state index in [9.17, 15) is 4.79 Å². The van der Waals surface area contributed by atoms with Crippen LogP contribution in [0.3, 0.4) is 0 Å². The Bertz CT molecular complexity index is 1060. The lowest BCUT2D eigenvalue weighted by atomic mass is 10.0. The van der Waals surface area contributed by atoms with E-state index in [4.69, 9.17) is 4.98 Å². The summed E-state index contributed by atoms with van der Waals surface area (Å²) in [6.07, 6.45) is 7.18. The molecule has 3 aromatic rings. The first-order chi connectivity index (χ1) is 15.0. The predicted molar refractivity (Wildman–Crippen MR) is 126 cm³/mol. The molecule has 164 valence electrons. The van der Waals surface area contributed by atoms with Crippen LogP contribution in [0.4, 0.5) is 0 Å². The number of nitrogens with zero attached hydrogens (tertiary/aromatic N) is 3. The average Bonchev–Trinajstić information content (AvgIpc) is 3.39. The number of aryl methyl sites for hydroxylation is 3. The summed E-state index contributed by atoms with van der Waals surface area (Å²) in [4.78, 5) is 20.3. The van der Waals surface area contributed by atoms with Crippen molar-refractivity contribution in [2.75, 3.05) is 26.2 Å². The first-order valence-corrected chi connectivity index (χ1v) is 11.6. The van der Waals surface area contributed by atoms with Gasteiger partial charge in [0.25, 0.3) is 0 Å². The van der Waals surface area contributed by atoms with Crippen LogP contribution >= 0.6 is 0 Å². The number of pyridine rings is 1. The topological polar surface area (TPSA) is 49.6 Å². The Labute approximate surface area is 185 Å². The summed E-state index contributed by atoms with van der Waals surface area (Å²) >= 11 is 0. The van der Waals surface area contributed by atoms with Gasteiger partial charge in [0.15, 0.2) is 0 Å². The Hall–Kier alpha value is -2.66. The largest absolute Gasteiger partial charge is 0.356 e. The van der Waals surface area contributed by atoms with E-state index in [1.807, 2.05) is 12.3 Å². The summed E-state index contributed by atoms with van der Waals surface area (Å²) in [6.45, 7) is 10.7. The highest BCUT2D eigenvalue weighted by atomic mass is 16.1. The molecule has 3 heterocycles. The van der Waals surface area contributed by atoms with E-state index < -0.39 is 0 Å². The van der Waals surface area contributed by atoms with Crippen LogP contribution in [0, 0.1) is 20.8 Å². The number of imidazole rings is 1. The highest BCUT2D eigenvalue weighted by Gasteiger charge is 2.18. The second kappa shape index (κ2) is 9.65. The maximum atomic E-state index is 12.8. The molecule has 31 heavy (non-hydrogen) atoms. The third-order valence-corrected chi connectivity index (χ3v) is 6.47. The van der Waals surface area contributed by atoms with Crippen molar-refractivity contribution >= 4 is 11.6 Å². The molecule has 0 atom stereocenters. The zero-order valence-electron chi connectivity index (χ0n) is 19.1. The minimum Gasteiger partial charge on any atom is -0.356 e. The summed E-state index contributed by atoms with van der Waals surface area (Å²) in [6, 6.07) is 10.5. The Morgan fingerprint density at radius 1 is 1.03 bits per heavy atom. The average molecular weight is 419 g/mol. The van der Waals surface area contributed by atoms with E-state index >= 15 is 0 Å². The molecule has 1 N–H and O–H groups in total. The second-order valence-electron chi connectivity index (χ2n) is 8.87. The van der Waals surface area contributed by atoms with E-state index in [1.165, 1.54) is 37.1 Å². The van der Waals surface area contributed by atoms with Gasteiger partial charge in [0, 0.05) is 18.3 Å². The van der Waals surface area contributed by atoms with Gasteiger partial charge in [-0.25, -0.2) is 4.98 Å². The lowest BCUT2D eigenvalue weighted by Gasteiger charge is -2.14. The Kier molecular flexibility index (Phi) is 6.71. The van der Waals surface area contributed by atoms with Crippen molar-refractivity contribution < 1.29 is 4.79 Å². The number of hydrogen-bond donors (Lipinski definition) is 1. The molecular weight excluding hydrogens is 384 g/mol. The number of aromatic nitrogens is 2. The highest BCUT2D eigenvalue weighted by Crippen LogP contribution is 2.28. The van der Waals surface area contributed by atoms with Gasteiger partial charge in [-0.2, -0.15) is 0 Å². The van der Waals surface area contributed by atoms with Crippen LogP contribution in [-0.2, 0) is 11.2 Å². The molecule has 1 saturated heterocycles. The van der Waals surface area contributed by atoms with E-state index in [-0.39, 0.29) is 5.91 Å². The van der Waals surface area contributed by atoms with E-state index in [0.717, 1.165) is 54.1 Å². The first-order valence-electron chi connectivity index (χ1n) is 11.6.